The quantitative estimate of drug-likeness (QED) is 0.575. The molecular formula is C14H25N5. The van der Waals surface area contributed by atoms with E-state index in [0.29, 0.717) is 17.8 Å². The van der Waals surface area contributed by atoms with Crippen molar-refractivity contribution in [3.8, 4) is 0 Å². The van der Waals surface area contributed by atoms with Crippen molar-refractivity contribution in [2.45, 2.75) is 58.4 Å². The smallest absolute Gasteiger partial charge is 0.145 e. The van der Waals surface area contributed by atoms with Gasteiger partial charge in [-0.15, -0.1) is 0 Å². The molecule has 0 unspecified atom stereocenters. The largest absolute Gasteiger partial charge is 0.367 e. The minimum absolute atomic E-state index is 0.292. The lowest BCUT2D eigenvalue weighted by Gasteiger charge is -2.27. The topological polar surface area (TPSA) is 75.9 Å². The Labute approximate surface area is 115 Å². The molecule has 1 heterocycles. The predicted molar refractivity (Wildman–Crippen MR) is 79.0 cm³/mol. The van der Waals surface area contributed by atoms with Crippen LogP contribution < -0.4 is 16.6 Å². The summed E-state index contributed by atoms with van der Waals surface area (Å²) in [5.74, 6) is 8.99. The van der Waals surface area contributed by atoms with Gasteiger partial charge in [-0.2, -0.15) is 0 Å². The average Bonchev–Trinajstić information content (AvgIpc) is 2.41. The fourth-order valence-corrected chi connectivity index (χ4v) is 2.49. The summed E-state index contributed by atoms with van der Waals surface area (Å²) in [4.78, 5) is 8.95. The van der Waals surface area contributed by atoms with Crippen LogP contribution in [0.2, 0.25) is 0 Å². The summed E-state index contributed by atoms with van der Waals surface area (Å²) in [5.41, 5.74) is 2.62. The molecule has 1 saturated carbocycles. The van der Waals surface area contributed by atoms with Crippen molar-refractivity contribution in [2.24, 2.45) is 11.8 Å². The first-order valence-electron chi connectivity index (χ1n) is 7.20. The van der Waals surface area contributed by atoms with Gasteiger partial charge >= 0.3 is 0 Å². The molecule has 0 aliphatic heterocycles. The molecule has 1 fully saturated rings. The molecule has 1 aliphatic rings. The number of hydrogen-bond acceptors (Lipinski definition) is 5. The Morgan fingerprint density at radius 2 is 1.79 bits per heavy atom. The molecule has 4 N–H and O–H groups in total. The van der Waals surface area contributed by atoms with E-state index in [2.05, 4.69) is 41.5 Å². The molecule has 2 rings (SSSR count). The van der Waals surface area contributed by atoms with Crippen LogP contribution in [0.4, 0.5) is 11.6 Å². The molecule has 1 aromatic rings. The summed E-state index contributed by atoms with van der Waals surface area (Å²) in [6.07, 6.45) is 5.02. The SMILES string of the molecule is CC1CCC(Nc2cc(NN)nc(C(C)C)n2)CC1. The number of hydrazine groups is 1. The van der Waals surface area contributed by atoms with Crippen LogP contribution in [0.1, 0.15) is 58.2 Å². The number of nitrogens with one attached hydrogen (secondary N) is 2. The maximum absolute atomic E-state index is 5.47. The van der Waals surface area contributed by atoms with Crippen LogP contribution in [0.15, 0.2) is 6.07 Å². The maximum Gasteiger partial charge on any atom is 0.145 e. The molecule has 0 amide bonds. The van der Waals surface area contributed by atoms with E-state index >= 15 is 0 Å². The van der Waals surface area contributed by atoms with Gasteiger partial charge in [0.1, 0.15) is 17.5 Å². The standard InChI is InChI=1S/C14H25N5/c1-9(2)14-17-12(8-13(18-14)19-15)16-11-6-4-10(3)5-7-11/h8-11H,4-7,15H2,1-3H3,(H2,16,17,18,19). The molecular weight excluding hydrogens is 238 g/mol. The minimum atomic E-state index is 0.292. The van der Waals surface area contributed by atoms with Crippen LogP contribution >= 0.6 is 0 Å². The fraction of sp³-hybridized carbons (Fsp3) is 0.714. The molecule has 1 aromatic heterocycles. The lowest BCUT2D eigenvalue weighted by atomic mass is 9.87. The first-order valence-corrected chi connectivity index (χ1v) is 7.20. The zero-order valence-corrected chi connectivity index (χ0v) is 12.1. The highest BCUT2D eigenvalue weighted by molar-refractivity contribution is 5.47. The van der Waals surface area contributed by atoms with E-state index < -0.39 is 0 Å². The van der Waals surface area contributed by atoms with Crippen LogP contribution in [-0.2, 0) is 0 Å². The summed E-state index contributed by atoms with van der Waals surface area (Å²) < 4.78 is 0. The van der Waals surface area contributed by atoms with Crippen molar-refractivity contribution in [3.63, 3.8) is 0 Å². The lowest BCUT2D eigenvalue weighted by Crippen LogP contribution is -2.26. The van der Waals surface area contributed by atoms with Gasteiger partial charge in [-0.1, -0.05) is 20.8 Å². The zero-order chi connectivity index (χ0) is 13.8. The number of anilines is 2. The lowest BCUT2D eigenvalue weighted by molar-refractivity contribution is 0.360. The first kappa shape index (κ1) is 14.1. The van der Waals surface area contributed by atoms with E-state index in [1.165, 1.54) is 25.7 Å². The Bertz CT molecular complexity index is 410. The zero-order valence-electron chi connectivity index (χ0n) is 12.1. The highest BCUT2D eigenvalue weighted by Gasteiger charge is 2.19. The monoisotopic (exact) mass is 263 g/mol. The Morgan fingerprint density at radius 3 is 2.37 bits per heavy atom. The van der Waals surface area contributed by atoms with Gasteiger partial charge in [-0.05, 0) is 31.6 Å². The number of rotatable bonds is 4. The van der Waals surface area contributed by atoms with Crippen molar-refractivity contribution < 1.29 is 0 Å². The predicted octanol–water partition coefficient (Wildman–Crippen LogP) is 2.88. The normalized spacial score (nSPS) is 23.4. The molecule has 5 heteroatoms. The van der Waals surface area contributed by atoms with Crippen molar-refractivity contribution in [1.29, 1.82) is 0 Å². The Hall–Kier alpha value is -1.36. The third-order valence-electron chi connectivity index (χ3n) is 3.78. The van der Waals surface area contributed by atoms with E-state index in [9.17, 15) is 0 Å². The van der Waals surface area contributed by atoms with Gasteiger partial charge in [0.25, 0.3) is 0 Å². The second-order valence-electron chi connectivity index (χ2n) is 5.90. The summed E-state index contributed by atoms with van der Waals surface area (Å²) >= 11 is 0. The molecule has 1 aliphatic carbocycles. The summed E-state index contributed by atoms with van der Waals surface area (Å²) in [5, 5.41) is 3.52. The second kappa shape index (κ2) is 6.19. The molecule has 19 heavy (non-hydrogen) atoms. The number of nitrogen functional groups attached to an aromatic ring is 1. The molecule has 0 atom stereocenters. The van der Waals surface area contributed by atoms with Crippen molar-refractivity contribution in [3.05, 3.63) is 11.9 Å². The Balaban J connectivity index is 2.08. The summed E-state index contributed by atoms with van der Waals surface area (Å²) in [7, 11) is 0. The van der Waals surface area contributed by atoms with Crippen LogP contribution in [0, 0.1) is 5.92 Å². The van der Waals surface area contributed by atoms with E-state index in [4.69, 9.17) is 5.84 Å². The van der Waals surface area contributed by atoms with Crippen LogP contribution in [-0.4, -0.2) is 16.0 Å². The van der Waals surface area contributed by atoms with Gasteiger partial charge in [0, 0.05) is 18.0 Å². The van der Waals surface area contributed by atoms with Crippen molar-refractivity contribution in [2.75, 3.05) is 10.7 Å². The summed E-state index contributed by atoms with van der Waals surface area (Å²) in [6, 6.07) is 2.40. The van der Waals surface area contributed by atoms with Gasteiger partial charge in [-0.3, -0.25) is 0 Å². The van der Waals surface area contributed by atoms with Gasteiger partial charge in [0.05, 0.1) is 0 Å². The number of aromatic nitrogens is 2. The second-order valence-corrected chi connectivity index (χ2v) is 5.90. The Kier molecular flexibility index (Phi) is 4.58. The maximum atomic E-state index is 5.47. The van der Waals surface area contributed by atoms with E-state index in [1.807, 2.05) is 6.07 Å². The molecule has 0 bridgehead atoms. The van der Waals surface area contributed by atoms with Gasteiger partial charge in [-0.25, -0.2) is 15.8 Å². The van der Waals surface area contributed by atoms with E-state index in [-0.39, 0.29) is 0 Å². The number of hydrogen-bond donors (Lipinski definition) is 3. The minimum Gasteiger partial charge on any atom is -0.367 e. The Morgan fingerprint density at radius 1 is 1.16 bits per heavy atom. The molecule has 0 radical (unpaired) electrons. The molecule has 106 valence electrons. The van der Waals surface area contributed by atoms with Gasteiger partial charge < -0.3 is 10.7 Å². The van der Waals surface area contributed by atoms with Crippen molar-refractivity contribution >= 4 is 11.6 Å². The fourth-order valence-electron chi connectivity index (χ4n) is 2.49. The third-order valence-corrected chi connectivity index (χ3v) is 3.78. The molecule has 0 saturated heterocycles. The average molecular weight is 263 g/mol. The first-order chi connectivity index (χ1) is 9.08. The van der Waals surface area contributed by atoms with Gasteiger partial charge in [0.15, 0.2) is 0 Å². The van der Waals surface area contributed by atoms with Crippen molar-refractivity contribution in [1.82, 2.24) is 9.97 Å². The van der Waals surface area contributed by atoms with Gasteiger partial charge in [0.2, 0.25) is 0 Å². The number of nitrogens with zero attached hydrogens (tertiary/aromatic N) is 2. The molecule has 0 aromatic carbocycles. The summed E-state index contributed by atoms with van der Waals surface area (Å²) in [6.45, 7) is 6.50. The van der Waals surface area contributed by atoms with Crippen LogP contribution in [0.3, 0.4) is 0 Å². The molecule has 5 nitrogen and oxygen atoms in total. The van der Waals surface area contributed by atoms with E-state index in [1.54, 1.807) is 0 Å². The third kappa shape index (κ3) is 3.80. The van der Waals surface area contributed by atoms with Crippen LogP contribution in [0.5, 0.6) is 0 Å². The highest BCUT2D eigenvalue weighted by atomic mass is 15.3. The van der Waals surface area contributed by atoms with Crippen LogP contribution in [0.25, 0.3) is 0 Å². The molecule has 0 spiro atoms. The highest BCUT2D eigenvalue weighted by Crippen LogP contribution is 2.26. The van der Waals surface area contributed by atoms with E-state index in [0.717, 1.165) is 17.6 Å². The number of nitrogens with two attached hydrogens (primary N) is 1.